The number of carbonyl (C=O) groups excluding carboxylic acids is 2. The lowest BCUT2D eigenvalue weighted by atomic mass is 10.0. The van der Waals surface area contributed by atoms with E-state index in [1.54, 1.807) is 0 Å². The van der Waals surface area contributed by atoms with E-state index in [0.29, 0.717) is 19.5 Å². The summed E-state index contributed by atoms with van der Waals surface area (Å²) in [5.41, 5.74) is 1.70. The Balaban J connectivity index is 2.22. The van der Waals surface area contributed by atoms with Crippen LogP contribution in [0, 0.1) is 0 Å². The molecule has 29 heavy (non-hydrogen) atoms. The van der Waals surface area contributed by atoms with E-state index in [2.05, 4.69) is 36.1 Å². The van der Waals surface area contributed by atoms with E-state index < -0.39 is 11.6 Å². The average molecular weight is 396 g/mol. The second-order valence-corrected chi connectivity index (χ2v) is 8.41. The number of Topliss-reactive ketones (excluding diaryl/α,β-unsaturated/α-hetero) is 1. The monoisotopic (exact) mass is 395 g/mol. The van der Waals surface area contributed by atoms with Crippen molar-refractivity contribution in [3.8, 4) is 0 Å². The fourth-order valence-corrected chi connectivity index (χ4v) is 3.37. The minimum Gasteiger partial charge on any atom is -0.460 e. The summed E-state index contributed by atoms with van der Waals surface area (Å²) in [6.45, 7) is 8.82. The highest BCUT2D eigenvalue weighted by molar-refractivity contribution is 5.98. The fraction of sp³-hybridized carbons (Fsp3) is 0.440. The molecule has 0 aliphatic carbocycles. The van der Waals surface area contributed by atoms with Gasteiger partial charge in [-0.1, -0.05) is 74.0 Å². The molecule has 0 saturated carbocycles. The van der Waals surface area contributed by atoms with Crippen molar-refractivity contribution in [3.05, 3.63) is 71.8 Å². The van der Waals surface area contributed by atoms with Crippen LogP contribution in [0.3, 0.4) is 0 Å². The van der Waals surface area contributed by atoms with Crippen molar-refractivity contribution in [2.75, 3.05) is 0 Å². The van der Waals surface area contributed by atoms with Gasteiger partial charge < -0.3 is 4.74 Å². The van der Waals surface area contributed by atoms with Gasteiger partial charge in [0.15, 0.2) is 5.78 Å². The molecular formula is C25H33NO3. The first kappa shape index (κ1) is 22.8. The van der Waals surface area contributed by atoms with Crippen LogP contribution in [0.15, 0.2) is 60.7 Å². The van der Waals surface area contributed by atoms with Gasteiger partial charge in [-0.25, -0.2) is 0 Å². The third-order valence-corrected chi connectivity index (χ3v) is 4.57. The molecule has 0 amide bonds. The molecule has 156 valence electrons. The Labute approximate surface area is 174 Å². The van der Waals surface area contributed by atoms with Gasteiger partial charge in [0.05, 0.1) is 6.04 Å². The maximum atomic E-state index is 13.1. The van der Waals surface area contributed by atoms with E-state index in [-0.39, 0.29) is 18.2 Å². The highest BCUT2D eigenvalue weighted by Gasteiger charge is 2.28. The molecule has 0 bridgehead atoms. The van der Waals surface area contributed by atoms with Gasteiger partial charge in [-0.05, 0) is 38.3 Å². The third kappa shape index (κ3) is 8.20. The Kier molecular flexibility index (Phi) is 8.59. The highest BCUT2D eigenvalue weighted by atomic mass is 16.6. The lowest BCUT2D eigenvalue weighted by Gasteiger charge is -2.31. The molecule has 0 unspecified atom stereocenters. The van der Waals surface area contributed by atoms with E-state index in [0.717, 1.165) is 17.5 Å². The number of benzene rings is 2. The van der Waals surface area contributed by atoms with Gasteiger partial charge in [-0.3, -0.25) is 14.5 Å². The molecule has 0 aliphatic rings. The molecule has 1 atom stereocenters. The summed E-state index contributed by atoms with van der Waals surface area (Å²) in [6.07, 6.45) is 1.38. The number of ketones is 1. The Bertz CT molecular complexity index is 724. The Hall–Kier alpha value is -2.46. The van der Waals surface area contributed by atoms with Crippen LogP contribution in [-0.4, -0.2) is 28.3 Å². The van der Waals surface area contributed by atoms with Crippen molar-refractivity contribution in [2.24, 2.45) is 0 Å². The van der Waals surface area contributed by atoms with E-state index in [1.165, 1.54) is 0 Å². The van der Waals surface area contributed by atoms with Crippen molar-refractivity contribution >= 4 is 11.8 Å². The van der Waals surface area contributed by atoms with Crippen LogP contribution in [0.4, 0.5) is 0 Å². The quantitative estimate of drug-likeness (QED) is 0.412. The zero-order chi connectivity index (χ0) is 21.3. The number of rotatable bonds is 10. The topological polar surface area (TPSA) is 46.6 Å². The van der Waals surface area contributed by atoms with Crippen LogP contribution >= 0.6 is 0 Å². The van der Waals surface area contributed by atoms with Crippen LogP contribution in [0.5, 0.6) is 0 Å². The van der Waals surface area contributed by atoms with Crippen LogP contribution in [0.1, 0.15) is 58.1 Å². The fourth-order valence-electron chi connectivity index (χ4n) is 3.37. The first-order chi connectivity index (χ1) is 13.8. The summed E-state index contributed by atoms with van der Waals surface area (Å²) in [6, 6.07) is 20.0. The first-order valence-corrected chi connectivity index (χ1v) is 10.3. The maximum Gasteiger partial charge on any atom is 0.313 e. The highest BCUT2D eigenvalue weighted by Crippen LogP contribution is 2.19. The largest absolute Gasteiger partial charge is 0.460 e. The number of ether oxygens (including phenoxy) is 1. The molecule has 2 aromatic rings. The van der Waals surface area contributed by atoms with E-state index in [4.69, 9.17) is 4.74 Å². The lowest BCUT2D eigenvalue weighted by Crippen LogP contribution is -2.41. The maximum absolute atomic E-state index is 13.1. The molecule has 0 N–H and O–H groups in total. The van der Waals surface area contributed by atoms with Gasteiger partial charge in [0, 0.05) is 13.1 Å². The second kappa shape index (κ2) is 10.9. The van der Waals surface area contributed by atoms with E-state index in [9.17, 15) is 9.59 Å². The molecule has 0 spiro atoms. The third-order valence-electron chi connectivity index (χ3n) is 4.57. The first-order valence-electron chi connectivity index (χ1n) is 10.3. The predicted molar refractivity (Wildman–Crippen MR) is 116 cm³/mol. The second-order valence-electron chi connectivity index (χ2n) is 8.41. The van der Waals surface area contributed by atoms with Gasteiger partial charge >= 0.3 is 5.97 Å². The number of nitrogens with zero attached hydrogens (tertiary/aromatic N) is 1. The molecule has 0 fully saturated rings. The SMILES string of the molecule is CCC[C@@H](C(=O)CC(=O)OC(C)(C)C)N(Cc1ccccc1)Cc1ccccc1. The van der Waals surface area contributed by atoms with Crippen LogP contribution in [0.25, 0.3) is 0 Å². The van der Waals surface area contributed by atoms with Gasteiger partial charge in [0.25, 0.3) is 0 Å². The van der Waals surface area contributed by atoms with Crippen LogP contribution < -0.4 is 0 Å². The Morgan fingerprint density at radius 1 is 0.897 bits per heavy atom. The van der Waals surface area contributed by atoms with E-state index >= 15 is 0 Å². The molecule has 0 aromatic heterocycles. The Morgan fingerprint density at radius 2 is 1.38 bits per heavy atom. The van der Waals surface area contributed by atoms with E-state index in [1.807, 2.05) is 57.2 Å². The van der Waals surface area contributed by atoms with Gasteiger partial charge in [-0.2, -0.15) is 0 Å². The standard InChI is InChI=1S/C25H33NO3/c1-5-12-22(23(27)17-24(28)29-25(2,3)4)26(18-20-13-8-6-9-14-20)19-21-15-10-7-11-16-21/h6-11,13-16,22H,5,12,17-19H2,1-4H3/t22-/m0/s1. The normalized spacial score (nSPS) is 12.6. The smallest absolute Gasteiger partial charge is 0.313 e. The molecule has 0 saturated heterocycles. The summed E-state index contributed by atoms with van der Waals surface area (Å²) in [5, 5.41) is 0. The van der Waals surface area contributed by atoms with Crippen molar-refractivity contribution < 1.29 is 14.3 Å². The van der Waals surface area contributed by atoms with Crippen LogP contribution in [0.2, 0.25) is 0 Å². The number of hydrogen-bond donors (Lipinski definition) is 0. The molecular weight excluding hydrogens is 362 g/mol. The summed E-state index contributed by atoms with van der Waals surface area (Å²) in [7, 11) is 0. The average Bonchev–Trinajstić information content (AvgIpc) is 2.65. The summed E-state index contributed by atoms with van der Waals surface area (Å²) in [5.74, 6) is -0.532. The predicted octanol–water partition coefficient (Wildman–Crippen LogP) is 5.16. The molecule has 0 aliphatic heterocycles. The van der Waals surface area contributed by atoms with Gasteiger partial charge in [0.1, 0.15) is 12.0 Å². The Morgan fingerprint density at radius 3 is 1.79 bits per heavy atom. The molecule has 4 nitrogen and oxygen atoms in total. The van der Waals surface area contributed by atoms with Crippen molar-refractivity contribution in [2.45, 2.75) is 71.7 Å². The molecule has 4 heteroatoms. The van der Waals surface area contributed by atoms with Crippen molar-refractivity contribution in [1.82, 2.24) is 4.90 Å². The number of hydrogen-bond acceptors (Lipinski definition) is 4. The minimum atomic E-state index is -0.592. The summed E-state index contributed by atoms with van der Waals surface area (Å²) >= 11 is 0. The van der Waals surface area contributed by atoms with Gasteiger partial charge in [-0.15, -0.1) is 0 Å². The molecule has 2 rings (SSSR count). The minimum absolute atomic E-state index is 0.0760. The zero-order valence-corrected chi connectivity index (χ0v) is 18.1. The molecule has 0 heterocycles. The van der Waals surface area contributed by atoms with Crippen molar-refractivity contribution in [1.29, 1.82) is 0 Å². The lowest BCUT2D eigenvalue weighted by molar-refractivity contribution is -0.157. The van der Waals surface area contributed by atoms with Gasteiger partial charge in [0.2, 0.25) is 0 Å². The summed E-state index contributed by atoms with van der Waals surface area (Å²) in [4.78, 5) is 27.5. The molecule has 2 aromatic carbocycles. The zero-order valence-electron chi connectivity index (χ0n) is 18.1. The number of carbonyl (C=O) groups is 2. The summed E-state index contributed by atoms with van der Waals surface area (Å²) < 4.78 is 5.37. The number of esters is 1. The molecule has 0 radical (unpaired) electrons. The van der Waals surface area contributed by atoms with Crippen LogP contribution in [-0.2, 0) is 27.4 Å². The van der Waals surface area contributed by atoms with Crippen molar-refractivity contribution in [3.63, 3.8) is 0 Å².